The van der Waals surface area contributed by atoms with Gasteiger partial charge in [0.1, 0.15) is 11.2 Å². The zero-order valence-corrected chi connectivity index (χ0v) is 16.2. The number of hydrogen-bond acceptors (Lipinski definition) is 6. The Morgan fingerprint density at radius 2 is 1.71 bits per heavy atom. The third-order valence-corrected chi connectivity index (χ3v) is 5.24. The maximum Gasteiger partial charge on any atom is 0.135 e. The molecule has 0 aliphatic carbocycles. The molecule has 8 heteroatoms. The van der Waals surface area contributed by atoms with Gasteiger partial charge in [0.05, 0.1) is 34.3 Å². The molecule has 0 fully saturated rings. The molecule has 4 N–H and O–H groups in total. The summed E-state index contributed by atoms with van der Waals surface area (Å²) in [5.41, 5.74) is 14.3. The number of H-pyrrole nitrogens is 2. The lowest BCUT2D eigenvalue weighted by atomic mass is 10.1. The van der Waals surface area contributed by atoms with E-state index in [1.807, 2.05) is 48.9 Å². The highest BCUT2D eigenvalue weighted by atomic mass is 15.1. The van der Waals surface area contributed by atoms with Crippen molar-refractivity contribution in [3.63, 3.8) is 0 Å². The number of fused-ring (bicyclic) bond motifs is 2. The Labute approximate surface area is 176 Å². The maximum atomic E-state index is 5.89. The lowest BCUT2D eigenvalue weighted by Gasteiger charge is -2.02. The van der Waals surface area contributed by atoms with Crippen molar-refractivity contribution in [2.24, 2.45) is 0 Å². The molecule has 0 unspecified atom stereocenters. The first kappa shape index (κ1) is 17.3. The van der Waals surface area contributed by atoms with E-state index in [1.54, 1.807) is 18.6 Å². The maximum absolute atomic E-state index is 5.89. The molecule has 0 amide bonds. The lowest BCUT2D eigenvalue weighted by molar-refractivity contribution is 1.12. The van der Waals surface area contributed by atoms with Gasteiger partial charge in [0.15, 0.2) is 0 Å². The Hall–Kier alpha value is -4.59. The second kappa shape index (κ2) is 6.74. The van der Waals surface area contributed by atoms with E-state index < -0.39 is 0 Å². The molecule has 0 radical (unpaired) electrons. The molecule has 6 aromatic rings. The third-order valence-electron chi connectivity index (χ3n) is 5.24. The minimum absolute atomic E-state index is 0.595. The van der Waals surface area contributed by atoms with E-state index in [9.17, 15) is 0 Å². The summed E-state index contributed by atoms with van der Waals surface area (Å²) in [6, 6.07) is 11.8. The number of rotatable bonds is 3. The average Bonchev–Trinajstić information content (AvgIpc) is 3.43. The zero-order valence-electron chi connectivity index (χ0n) is 16.2. The van der Waals surface area contributed by atoms with E-state index in [0.29, 0.717) is 5.69 Å². The number of nitrogens with two attached hydrogens (primary N) is 1. The van der Waals surface area contributed by atoms with Gasteiger partial charge in [-0.25, -0.2) is 4.98 Å². The molecule has 0 saturated heterocycles. The molecule has 8 nitrogen and oxygen atoms in total. The number of aromatic nitrogens is 7. The molecule has 0 saturated carbocycles. The summed E-state index contributed by atoms with van der Waals surface area (Å²) >= 11 is 0. The van der Waals surface area contributed by atoms with Gasteiger partial charge < -0.3 is 10.7 Å². The van der Waals surface area contributed by atoms with Crippen molar-refractivity contribution in [1.29, 1.82) is 0 Å². The minimum atomic E-state index is 0.595. The quantitative estimate of drug-likeness (QED) is 0.406. The van der Waals surface area contributed by atoms with Crippen LogP contribution in [-0.2, 0) is 0 Å². The molecule has 148 valence electrons. The monoisotopic (exact) mass is 404 g/mol. The van der Waals surface area contributed by atoms with Gasteiger partial charge in [-0.15, -0.1) is 0 Å². The van der Waals surface area contributed by atoms with Crippen molar-refractivity contribution in [3.05, 3.63) is 73.6 Å². The van der Waals surface area contributed by atoms with Gasteiger partial charge in [0.2, 0.25) is 0 Å². The Balaban J connectivity index is 1.51. The SMILES string of the molecule is Nc1cncc(-c2ccc3[nH]nc(-c4cc5c(-c6cccnc6)cncc5[nH]4)c3n2)c1. The summed E-state index contributed by atoms with van der Waals surface area (Å²) in [5.74, 6) is 0. The average molecular weight is 404 g/mol. The highest BCUT2D eigenvalue weighted by molar-refractivity contribution is 5.99. The van der Waals surface area contributed by atoms with Crippen molar-refractivity contribution < 1.29 is 0 Å². The first-order valence-electron chi connectivity index (χ1n) is 9.70. The minimum Gasteiger partial charge on any atom is -0.397 e. The van der Waals surface area contributed by atoms with Crippen LogP contribution >= 0.6 is 0 Å². The van der Waals surface area contributed by atoms with Crippen LogP contribution in [0, 0.1) is 0 Å². The van der Waals surface area contributed by atoms with Crippen molar-refractivity contribution in [2.45, 2.75) is 0 Å². The van der Waals surface area contributed by atoms with Gasteiger partial charge in [0, 0.05) is 53.1 Å². The standard InChI is InChI=1S/C23H16N8/c24-15-6-14(9-26-10-15)18-3-4-19-22(29-18)23(31-30-19)20-7-16-17(11-27-12-21(16)28-20)13-2-1-5-25-8-13/h1-12,28H,24H2,(H,30,31). The topological polar surface area (TPSA) is 122 Å². The summed E-state index contributed by atoms with van der Waals surface area (Å²) in [6.07, 6.45) is 10.6. The van der Waals surface area contributed by atoms with Crippen LogP contribution in [0.2, 0.25) is 0 Å². The molecule has 6 aromatic heterocycles. The molecular formula is C23H16N8. The van der Waals surface area contributed by atoms with Gasteiger partial charge in [-0.3, -0.25) is 20.1 Å². The predicted octanol–water partition coefficient (Wildman–Crippen LogP) is 4.21. The first-order chi connectivity index (χ1) is 15.3. The van der Waals surface area contributed by atoms with E-state index in [4.69, 9.17) is 10.7 Å². The van der Waals surface area contributed by atoms with Crippen LogP contribution in [0.4, 0.5) is 5.69 Å². The van der Waals surface area contributed by atoms with Crippen LogP contribution in [0.3, 0.4) is 0 Å². The smallest absolute Gasteiger partial charge is 0.135 e. The van der Waals surface area contributed by atoms with Crippen molar-refractivity contribution in [1.82, 2.24) is 35.1 Å². The number of nitrogens with one attached hydrogen (secondary N) is 2. The van der Waals surface area contributed by atoms with E-state index in [0.717, 1.165) is 55.7 Å². The number of nitrogen functional groups attached to an aromatic ring is 1. The van der Waals surface area contributed by atoms with E-state index >= 15 is 0 Å². The Bertz CT molecular complexity index is 1550. The van der Waals surface area contributed by atoms with Crippen molar-refractivity contribution >= 4 is 27.6 Å². The van der Waals surface area contributed by atoms with Crippen LogP contribution in [0.1, 0.15) is 0 Å². The lowest BCUT2D eigenvalue weighted by Crippen LogP contribution is -1.90. The summed E-state index contributed by atoms with van der Waals surface area (Å²) < 4.78 is 0. The summed E-state index contributed by atoms with van der Waals surface area (Å²) in [7, 11) is 0. The second-order valence-corrected chi connectivity index (χ2v) is 7.24. The number of pyridine rings is 4. The Morgan fingerprint density at radius 3 is 2.58 bits per heavy atom. The van der Waals surface area contributed by atoms with Crippen LogP contribution in [0.25, 0.3) is 55.7 Å². The molecule has 0 atom stereocenters. The van der Waals surface area contributed by atoms with Crippen LogP contribution in [0.15, 0.2) is 73.6 Å². The van der Waals surface area contributed by atoms with Crippen molar-refractivity contribution in [2.75, 3.05) is 5.73 Å². The fourth-order valence-electron chi connectivity index (χ4n) is 3.78. The zero-order chi connectivity index (χ0) is 20.8. The highest BCUT2D eigenvalue weighted by Crippen LogP contribution is 2.33. The number of hydrogen-bond donors (Lipinski definition) is 3. The van der Waals surface area contributed by atoms with Gasteiger partial charge in [0.25, 0.3) is 0 Å². The normalized spacial score (nSPS) is 11.4. The summed E-state index contributed by atoms with van der Waals surface area (Å²) in [6.45, 7) is 0. The molecule has 31 heavy (non-hydrogen) atoms. The molecule has 0 aromatic carbocycles. The van der Waals surface area contributed by atoms with Crippen molar-refractivity contribution in [3.8, 4) is 33.8 Å². The molecule has 0 aliphatic rings. The molecule has 6 rings (SSSR count). The number of nitrogens with zero attached hydrogens (tertiary/aromatic N) is 5. The van der Waals surface area contributed by atoms with Gasteiger partial charge >= 0.3 is 0 Å². The highest BCUT2D eigenvalue weighted by Gasteiger charge is 2.15. The predicted molar refractivity (Wildman–Crippen MR) is 120 cm³/mol. The van der Waals surface area contributed by atoms with Crippen LogP contribution in [0.5, 0.6) is 0 Å². The van der Waals surface area contributed by atoms with E-state index in [2.05, 4.69) is 36.2 Å². The number of anilines is 1. The Morgan fingerprint density at radius 1 is 0.806 bits per heavy atom. The van der Waals surface area contributed by atoms with Gasteiger partial charge in [-0.05, 0) is 30.3 Å². The number of aromatic amines is 2. The molecule has 0 spiro atoms. The fraction of sp³-hybridized carbons (Fsp3) is 0. The third kappa shape index (κ3) is 2.89. The molecule has 0 aliphatic heterocycles. The second-order valence-electron chi connectivity index (χ2n) is 7.24. The molecular weight excluding hydrogens is 388 g/mol. The van der Waals surface area contributed by atoms with Crippen LogP contribution in [-0.4, -0.2) is 35.1 Å². The van der Waals surface area contributed by atoms with Gasteiger partial charge in [-0.2, -0.15) is 5.10 Å². The Kier molecular flexibility index (Phi) is 3.76. The summed E-state index contributed by atoms with van der Waals surface area (Å²) in [4.78, 5) is 21.1. The molecule has 0 bridgehead atoms. The first-order valence-corrected chi connectivity index (χ1v) is 9.70. The van der Waals surface area contributed by atoms with Crippen LogP contribution < -0.4 is 5.73 Å². The molecule has 6 heterocycles. The summed E-state index contributed by atoms with van der Waals surface area (Å²) in [5, 5.41) is 8.64. The van der Waals surface area contributed by atoms with E-state index in [-0.39, 0.29) is 0 Å². The fourth-order valence-corrected chi connectivity index (χ4v) is 3.78. The van der Waals surface area contributed by atoms with Gasteiger partial charge in [-0.1, -0.05) is 6.07 Å². The van der Waals surface area contributed by atoms with E-state index in [1.165, 1.54) is 0 Å². The largest absolute Gasteiger partial charge is 0.397 e.